The highest BCUT2D eigenvalue weighted by molar-refractivity contribution is 5.97. The summed E-state index contributed by atoms with van der Waals surface area (Å²) < 4.78 is 18.2. The van der Waals surface area contributed by atoms with Crippen LogP contribution in [0.1, 0.15) is 18.1 Å². The van der Waals surface area contributed by atoms with Crippen molar-refractivity contribution in [3.05, 3.63) is 27.9 Å². The SMILES string of the molecule is [2H]c1c(OC2CCOC2)ncc([N+](=O)[O-])c1C(N)=O. The van der Waals surface area contributed by atoms with E-state index in [4.69, 9.17) is 16.6 Å². The largest absolute Gasteiger partial charge is 0.472 e. The average molecular weight is 254 g/mol. The lowest BCUT2D eigenvalue weighted by Crippen LogP contribution is -2.18. The fourth-order valence-electron chi connectivity index (χ4n) is 1.54. The second kappa shape index (κ2) is 4.96. The first-order valence-corrected chi connectivity index (χ1v) is 5.19. The van der Waals surface area contributed by atoms with Crippen molar-refractivity contribution in [3.63, 3.8) is 0 Å². The van der Waals surface area contributed by atoms with Gasteiger partial charge in [0.1, 0.15) is 17.9 Å². The maximum Gasteiger partial charge on any atom is 0.300 e. The molecule has 1 amide bonds. The highest BCUT2D eigenvalue weighted by atomic mass is 16.6. The molecule has 1 fully saturated rings. The molecule has 0 spiro atoms. The van der Waals surface area contributed by atoms with E-state index in [-0.39, 0.29) is 12.0 Å². The van der Waals surface area contributed by atoms with Crippen LogP contribution >= 0.6 is 0 Å². The van der Waals surface area contributed by atoms with Gasteiger partial charge in [-0.15, -0.1) is 0 Å². The number of carbonyl (C=O) groups is 1. The average Bonchev–Trinajstić information content (AvgIpc) is 2.83. The third-order valence-electron chi connectivity index (χ3n) is 2.40. The number of nitrogens with two attached hydrogens (primary N) is 1. The Hall–Kier alpha value is -2.22. The molecule has 2 N–H and O–H groups in total. The summed E-state index contributed by atoms with van der Waals surface area (Å²) in [7, 11) is 0. The van der Waals surface area contributed by atoms with Crippen molar-refractivity contribution in [2.45, 2.75) is 12.5 Å². The van der Waals surface area contributed by atoms with Crippen molar-refractivity contribution < 1.29 is 20.6 Å². The summed E-state index contributed by atoms with van der Waals surface area (Å²) in [6.07, 6.45) is 1.21. The monoisotopic (exact) mass is 254 g/mol. The van der Waals surface area contributed by atoms with Crippen molar-refractivity contribution in [2.24, 2.45) is 5.73 Å². The summed E-state index contributed by atoms with van der Waals surface area (Å²) in [6, 6.07) is -0.478. The van der Waals surface area contributed by atoms with Crippen LogP contribution in [0.4, 0.5) is 5.69 Å². The molecule has 1 unspecified atom stereocenters. The van der Waals surface area contributed by atoms with E-state index >= 15 is 0 Å². The van der Waals surface area contributed by atoms with Crippen molar-refractivity contribution in [1.82, 2.24) is 4.98 Å². The van der Waals surface area contributed by atoms with Gasteiger partial charge in [0.2, 0.25) is 5.88 Å². The highest BCUT2D eigenvalue weighted by Gasteiger charge is 2.22. The van der Waals surface area contributed by atoms with E-state index in [0.717, 1.165) is 6.20 Å². The van der Waals surface area contributed by atoms with Crippen LogP contribution in [0.25, 0.3) is 0 Å². The first-order valence-electron chi connectivity index (χ1n) is 5.69. The molecule has 1 atom stereocenters. The molecule has 0 radical (unpaired) electrons. The Morgan fingerprint density at radius 3 is 3.11 bits per heavy atom. The molecule has 0 bridgehead atoms. The first-order chi connectivity index (χ1) is 9.00. The Morgan fingerprint density at radius 2 is 2.56 bits per heavy atom. The number of amides is 1. The third kappa shape index (κ3) is 2.54. The molecule has 8 heteroatoms. The van der Waals surface area contributed by atoms with E-state index in [2.05, 4.69) is 4.98 Å². The normalized spacial score (nSPS) is 19.3. The zero-order valence-corrected chi connectivity index (χ0v) is 9.29. The molecule has 1 aromatic rings. The summed E-state index contributed by atoms with van der Waals surface area (Å²) in [5, 5.41) is 10.7. The van der Waals surface area contributed by atoms with Crippen LogP contribution < -0.4 is 10.5 Å². The maximum atomic E-state index is 11.2. The number of rotatable bonds is 4. The van der Waals surface area contributed by atoms with Gasteiger partial charge in [-0.25, -0.2) is 4.98 Å². The van der Waals surface area contributed by atoms with Crippen molar-refractivity contribution in [2.75, 3.05) is 13.2 Å². The van der Waals surface area contributed by atoms with Crippen molar-refractivity contribution >= 4 is 11.6 Å². The third-order valence-corrected chi connectivity index (χ3v) is 2.40. The smallest absolute Gasteiger partial charge is 0.300 e. The van der Waals surface area contributed by atoms with E-state index in [0.29, 0.717) is 19.6 Å². The fourth-order valence-corrected chi connectivity index (χ4v) is 1.54. The Morgan fingerprint density at radius 1 is 1.78 bits per heavy atom. The van der Waals surface area contributed by atoms with Gasteiger partial charge in [-0.2, -0.15) is 0 Å². The van der Waals surface area contributed by atoms with Gasteiger partial charge < -0.3 is 15.2 Å². The fraction of sp³-hybridized carbons (Fsp3) is 0.400. The Labute approximate surface area is 103 Å². The topological polar surface area (TPSA) is 118 Å². The van der Waals surface area contributed by atoms with Gasteiger partial charge in [-0.3, -0.25) is 14.9 Å². The number of ether oxygens (including phenoxy) is 2. The van der Waals surface area contributed by atoms with Gasteiger partial charge in [-0.1, -0.05) is 0 Å². The predicted molar refractivity (Wildman–Crippen MR) is 59.3 cm³/mol. The van der Waals surface area contributed by atoms with Crippen LogP contribution in [0.2, 0.25) is 0 Å². The highest BCUT2D eigenvalue weighted by Crippen LogP contribution is 2.22. The Kier molecular flexibility index (Phi) is 3.01. The second-order valence-corrected chi connectivity index (χ2v) is 3.67. The number of hydrogen-bond donors (Lipinski definition) is 1. The quantitative estimate of drug-likeness (QED) is 0.608. The molecular weight excluding hydrogens is 242 g/mol. The van der Waals surface area contributed by atoms with Crippen LogP contribution in [-0.2, 0) is 4.74 Å². The van der Waals surface area contributed by atoms with Crippen LogP contribution in [0.5, 0.6) is 5.88 Å². The van der Waals surface area contributed by atoms with Crippen LogP contribution in [0.15, 0.2) is 12.2 Å². The number of primary amides is 1. The number of nitro groups is 1. The van der Waals surface area contributed by atoms with Gasteiger partial charge in [0.25, 0.3) is 5.91 Å². The van der Waals surface area contributed by atoms with Gasteiger partial charge in [-0.05, 0) is 0 Å². The lowest BCUT2D eigenvalue weighted by Gasteiger charge is -2.10. The zero-order chi connectivity index (χ0) is 14.0. The van der Waals surface area contributed by atoms with E-state index in [1.807, 2.05) is 0 Å². The standard InChI is InChI=1S/C10H11N3O5/c11-10(14)7-3-9(12-4-8(7)13(15)16)18-6-1-2-17-5-6/h3-4,6H,1-2,5H2,(H2,11,14)/i3D. The molecule has 0 aliphatic carbocycles. The van der Waals surface area contributed by atoms with E-state index in [1.165, 1.54) is 0 Å². The number of hydrogen-bond acceptors (Lipinski definition) is 6. The number of nitrogens with zero attached hydrogens (tertiary/aromatic N) is 2. The Balaban J connectivity index is 2.38. The molecule has 96 valence electrons. The van der Waals surface area contributed by atoms with Gasteiger partial charge in [0.05, 0.1) is 19.5 Å². The number of carbonyl (C=O) groups excluding carboxylic acids is 1. The van der Waals surface area contributed by atoms with Gasteiger partial charge >= 0.3 is 5.69 Å². The van der Waals surface area contributed by atoms with E-state index in [1.54, 1.807) is 0 Å². The molecular formula is C10H11N3O5. The maximum absolute atomic E-state index is 11.2. The molecule has 2 heterocycles. The predicted octanol–water partition coefficient (Wildman–Crippen LogP) is 0.256. The lowest BCUT2D eigenvalue weighted by molar-refractivity contribution is -0.385. The minimum absolute atomic E-state index is 0.157. The first kappa shape index (κ1) is 10.9. The van der Waals surface area contributed by atoms with Gasteiger partial charge in [0.15, 0.2) is 0 Å². The van der Waals surface area contributed by atoms with Crippen molar-refractivity contribution in [1.29, 1.82) is 0 Å². The summed E-state index contributed by atoms with van der Waals surface area (Å²) in [5.41, 5.74) is 3.95. The lowest BCUT2D eigenvalue weighted by atomic mass is 10.2. The molecule has 1 aliphatic rings. The van der Waals surface area contributed by atoms with E-state index < -0.39 is 28.1 Å². The summed E-state index contributed by atoms with van der Waals surface area (Å²) >= 11 is 0. The molecule has 0 aromatic carbocycles. The van der Waals surface area contributed by atoms with Crippen molar-refractivity contribution in [3.8, 4) is 5.88 Å². The second-order valence-electron chi connectivity index (χ2n) is 3.67. The zero-order valence-electron chi connectivity index (χ0n) is 10.3. The summed E-state index contributed by atoms with van der Waals surface area (Å²) in [5.74, 6) is -1.22. The molecule has 2 rings (SSSR count). The minimum atomic E-state index is -1.06. The molecule has 1 saturated heterocycles. The van der Waals surface area contributed by atoms with Gasteiger partial charge in [0, 0.05) is 12.5 Å². The molecule has 0 saturated carbocycles. The molecule has 8 nitrogen and oxygen atoms in total. The molecule has 18 heavy (non-hydrogen) atoms. The number of aromatic nitrogens is 1. The molecule has 1 aromatic heterocycles. The molecule has 1 aliphatic heterocycles. The van der Waals surface area contributed by atoms with Crippen LogP contribution in [0, 0.1) is 10.1 Å². The van der Waals surface area contributed by atoms with E-state index in [9.17, 15) is 14.9 Å². The minimum Gasteiger partial charge on any atom is -0.472 e. The summed E-state index contributed by atoms with van der Waals surface area (Å²) in [6.45, 7) is 0.887. The van der Waals surface area contributed by atoms with Crippen LogP contribution in [0.3, 0.4) is 0 Å². The van der Waals surface area contributed by atoms with Crippen LogP contribution in [-0.4, -0.2) is 35.1 Å². The Bertz CT molecular complexity index is 530. The number of pyridine rings is 1. The summed E-state index contributed by atoms with van der Waals surface area (Å²) in [4.78, 5) is 24.9.